The fourth-order valence-electron chi connectivity index (χ4n) is 2.17. The smallest absolute Gasteiger partial charge is 0.00631 e. The molecule has 2 bridgehead atoms. The van der Waals surface area contributed by atoms with Gasteiger partial charge in [-0.1, -0.05) is 13.8 Å². The lowest BCUT2D eigenvalue weighted by molar-refractivity contribution is 0.272. The molecule has 3 rings (SSSR count). The quantitative estimate of drug-likeness (QED) is 0.562. The second-order valence-corrected chi connectivity index (χ2v) is 5.70. The van der Waals surface area contributed by atoms with Gasteiger partial charge in [0.1, 0.15) is 0 Å². The Morgan fingerprint density at radius 2 is 1.60 bits per heavy atom. The summed E-state index contributed by atoms with van der Waals surface area (Å²) in [6.45, 7) is 4.75. The van der Waals surface area contributed by atoms with Gasteiger partial charge in [0.05, 0.1) is 0 Å². The van der Waals surface area contributed by atoms with Gasteiger partial charge in [0.25, 0.3) is 0 Å². The van der Waals surface area contributed by atoms with E-state index in [9.17, 15) is 0 Å². The predicted octanol–water partition coefficient (Wildman–Crippen LogP) is 2.93. The molecule has 1 aliphatic carbocycles. The van der Waals surface area contributed by atoms with Crippen LogP contribution in [0.25, 0.3) is 0 Å². The lowest BCUT2D eigenvalue weighted by Crippen LogP contribution is -2.38. The average molecular weight is 156 g/mol. The first kappa shape index (κ1) is 7.02. The van der Waals surface area contributed by atoms with Gasteiger partial charge >= 0.3 is 0 Å². The van der Waals surface area contributed by atoms with Crippen LogP contribution < -0.4 is 0 Å². The summed E-state index contributed by atoms with van der Waals surface area (Å²) in [7, 11) is 0. The molecule has 0 nitrogen and oxygen atoms in total. The highest BCUT2D eigenvalue weighted by Crippen LogP contribution is 2.50. The van der Waals surface area contributed by atoms with Crippen LogP contribution in [0, 0.1) is 11.8 Å². The third-order valence-electron chi connectivity index (χ3n) is 2.98. The minimum atomic E-state index is 0.936. The predicted molar refractivity (Wildman–Crippen MR) is 47.3 cm³/mol. The molecule has 0 aromatic carbocycles. The maximum absolute atomic E-state index is 2.38. The van der Waals surface area contributed by atoms with Gasteiger partial charge in [-0.2, -0.15) is 11.8 Å². The summed E-state index contributed by atoms with van der Waals surface area (Å²) in [6.07, 6.45) is 4.56. The van der Waals surface area contributed by atoms with Gasteiger partial charge in [-0.3, -0.25) is 0 Å². The molecule has 1 saturated carbocycles. The van der Waals surface area contributed by atoms with Crippen LogP contribution in [-0.2, 0) is 0 Å². The molecule has 2 unspecified atom stereocenters. The van der Waals surface area contributed by atoms with Crippen molar-refractivity contribution >= 4 is 11.8 Å². The summed E-state index contributed by atoms with van der Waals surface area (Å²) >= 11 is 2.24. The Balaban J connectivity index is 1.91. The fraction of sp³-hybridized carbons (Fsp3) is 1.00. The first-order chi connectivity index (χ1) is 4.75. The van der Waals surface area contributed by atoms with E-state index in [4.69, 9.17) is 0 Å². The van der Waals surface area contributed by atoms with Crippen LogP contribution >= 0.6 is 11.8 Å². The second-order valence-electron chi connectivity index (χ2n) is 4.09. The van der Waals surface area contributed by atoms with E-state index in [0.717, 1.165) is 22.3 Å². The van der Waals surface area contributed by atoms with Crippen molar-refractivity contribution in [3.05, 3.63) is 0 Å². The van der Waals surface area contributed by atoms with E-state index in [0.29, 0.717) is 0 Å². The Hall–Kier alpha value is 0.350. The topological polar surface area (TPSA) is 0 Å². The van der Waals surface area contributed by atoms with Crippen molar-refractivity contribution in [3.8, 4) is 0 Å². The number of hydrogen-bond donors (Lipinski definition) is 0. The molecule has 2 saturated heterocycles. The SMILES string of the molecule is CC(C)C1CC2CC(C1)S2. The first-order valence-corrected chi connectivity index (χ1v) is 5.35. The first-order valence-electron chi connectivity index (χ1n) is 4.41. The van der Waals surface area contributed by atoms with Gasteiger partial charge < -0.3 is 0 Å². The molecule has 0 aromatic heterocycles. The monoisotopic (exact) mass is 156 g/mol. The van der Waals surface area contributed by atoms with E-state index in [1.54, 1.807) is 0 Å². The van der Waals surface area contributed by atoms with Crippen molar-refractivity contribution in [2.45, 2.75) is 43.6 Å². The lowest BCUT2D eigenvalue weighted by Gasteiger charge is -2.46. The average Bonchev–Trinajstić information content (AvgIpc) is 1.86. The minimum absolute atomic E-state index is 0.936. The zero-order valence-corrected chi connectivity index (χ0v) is 7.66. The van der Waals surface area contributed by atoms with Gasteiger partial charge in [-0.25, -0.2) is 0 Å². The zero-order chi connectivity index (χ0) is 7.14. The Labute approximate surface area is 67.8 Å². The van der Waals surface area contributed by atoms with E-state index >= 15 is 0 Å². The van der Waals surface area contributed by atoms with Gasteiger partial charge in [0, 0.05) is 10.5 Å². The maximum Gasteiger partial charge on any atom is 0.00631 e. The number of rotatable bonds is 1. The lowest BCUT2D eigenvalue weighted by atomic mass is 9.80. The summed E-state index contributed by atoms with van der Waals surface area (Å²) in [4.78, 5) is 0. The van der Waals surface area contributed by atoms with Crippen molar-refractivity contribution in [1.29, 1.82) is 0 Å². The van der Waals surface area contributed by atoms with Crippen molar-refractivity contribution in [3.63, 3.8) is 0 Å². The number of fused-ring (bicyclic) bond motifs is 2. The highest BCUT2D eigenvalue weighted by molar-refractivity contribution is 8.01. The van der Waals surface area contributed by atoms with Crippen LogP contribution in [0.4, 0.5) is 0 Å². The Bertz CT molecular complexity index is 115. The third-order valence-corrected chi connectivity index (χ3v) is 4.52. The number of hydrogen-bond acceptors (Lipinski definition) is 1. The molecule has 2 heterocycles. The molecule has 0 spiro atoms. The minimum Gasteiger partial charge on any atom is -0.155 e. The maximum atomic E-state index is 2.38. The Morgan fingerprint density at radius 3 is 1.90 bits per heavy atom. The molecule has 0 radical (unpaired) electrons. The fourth-order valence-corrected chi connectivity index (χ4v) is 3.76. The molecular formula is C9H16S. The molecule has 0 aromatic rings. The van der Waals surface area contributed by atoms with Crippen molar-refractivity contribution in [2.24, 2.45) is 11.8 Å². The van der Waals surface area contributed by atoms with Gasteiger partial charge in [-0.15, -0.1) is 0 Å². The molecule has 10 heavy (non-hydrogen) atoms. The van der Waals surface area contributed by atoms with Crippen LogP contribution in [0.5, 0.6) is 0 Å². The summed E-state index contributed by atoms with van der Waals surface area (Å²) in [5.74, 6) is 2.00. The highest BCUT2D eigenvalue weighted by atomic mass is 32.2. The van der Waals surface area contributed by atoms with E-state index in [1.807, 2.05) is 0 Å². The molecule has 1 heteroatoms. The zero-order valence-electron chi connectivity index (χ0n) is 6.84. The summed E-state index contributed by atoms with van der Waals surface area (Å²) < 4.78 is 0. The van der Waals surface area contributed by atoms with Crippen LogP contribution in [0.3, 0.4) is 0 Å². The summed E-state index contributed by atoms with van der Waals surface area (Å²) in [5, 5.41) is 2.12. The van der Waals surface area contributed by atoms with Crippen LogP contribution in [0.1, 0.15) is 33.1 Å². The van der Waals surface area contributed by atoms with Crippen molar-refractivity contribution < 1.29 is 0 Å². The van der Waals surface area contributed by atoms with E-state index in [-0.39, 0.29) is 0 Å². The van der Waals surface area contributed by atoms with Gasteiger partial charge in [-0.05, 0) is 31.1 Å². The summed E-state index contributed by atoms with van der Waals surface area (Å²) in [6, 6.07) is 0. The third kappa shape index (κ3) is 1.09. The highest BCUT2D eigenvalue weighted by Gasteiger charge is 2.39. The molecule has 3 fully saturated rings. The van der Waals surface area contributed by atoms with Crippen molar-refractivity contribution in [2.75, 3.05) is 0 Å². The molecule has 2 atom stereocenters. The largest absolute Gasteiger partial charge is 0.155 e. The molecule has 58 valence electrons. The van der Waals surface area contributed by atoms with Gasteiger partial charge in [0.2, 0.25) is 0 Å². The Kier molecular flexibility index (Phi) is 1.71. The van der Waals surface area contributed by atoms with Crippen LogP contribution in [0.2, 0.25) is 0 Å². The molecule has 0 amide bonds. The van der Waals surface area contributed by atoms with E-state index in [1.165, 1.54) is 19.3 Å². The van der Waals surface area contributed by atoms with E-state index < -0.39 is 0 Å². The van der Waals surface area contributed by atoms with Crippen molar-refractivity contribution in [1.82, 2.24) is 0 Å². The van der Waals surface area contributed by atoms with Gasteiger partial charge in [0.15, 0.2) is 0 Å². The molecule has 0 N–H and O–H groups in total. The Morgan fingerprint density at radius 1 is 1.10 bits per heavy atom. The second kappa shape index (κ2) is 2.44. The number of thioether (sulfide) groups is 1. The standard InChI is InChI=1S/C9H16S/c1-6(2)7-3-8-5-9(4-7)10-8/h6-9H,3-5H2,1-2H3. The molecular weight excluding hydrogens is 140 g/mol. The van der Waals surface area contributed by atoms with Crippen LogP contribution in [-0.4, -0.2) is 10.5 Å². The normalized spacial score (nSPS) is 45.3. The summed E-state index contributed by atoms with van der Waals surface area (Å²) in [5.41, 5.74) is 0. The molecule has 3 aliphatic rings. The van der Waals surface area contributed by atoms with Crippen LogP contribution in [0.15, 0.2) is 0 Å². The van der Waals surface area contributed by atoms with E-state index in [2.05, 4.69) is 25.6 Å². The molecule has 2 aliphatic heterocycles.